The number of rotatable bonds is 4. The predicted molar refractivity (Wildman–Crippen MR) is 86.1 cm³/mol. The second-order valence-corrected chi connectivity index (χ2v) is 5.73. The van der Waals surface area contributed by atoms with Gasteiger partial charge in [-0.05, 0) is 36.8 Å². The van der Waals surface area contributed by atoms with Gasteiger partial charge in [-0.3, -0.25) is 9.69 Å². The van der Waals surface area contributed by atoms with Crippen molar-refractivity contribution >= 4 is 11.7 Å². The highest BCUT2D eigenvalue weighted by molar-refractivity contribution is 5.75. The first-order chi connectivity index (χ1) is 10.6. The number of carboxylic acids is 1. The van der Waals surface area contributed by atoms with E-state index < -0.39 is 12.0 Å². The van der Waals surface area contributed by atoms with Crippen molar-refractivity contribution in [1.82, 2.24) is 9.88 Å². The predicted octanol–water partition coefficient (Wildman–Crippen LogP) is 2.27. The molecular weight excluding hydrogens is 278 g/mol. The van der Waals surface area contributed by atoms with Gasteiger partial charge in [-0.15, -0.1) is 0 Å². The Bertz CT molecular complexity index is 631. The minimum absolute atomic E-state index is 0.588. The molecule has 1 aromatic heterocycles. The van der Waals surface area contributed by atoms with Gasteiger partial charge >= 0.3 is 5.97 Å². The van der Waals surface area contributed by atoms with Gasteiger partial charge in [0.1, 0.15) is 6.04 Å². The summed E-state index contributed by atoms with van der Waals surface area (Å²) < 4.78 is 0. The Balaban J connectivity index is 1.69. The summed E-state index contributed by atoms with van der Waals surface area (Å²) in [5.41, 5.74) is 3.21. The molecule has 1 unspecified atom stereocenters. The largest absolute Gasteiger partial charge is 0.480 e. The fraction of sp³-hybridized carbons (Fsp3) is 0.353. The molecule has 2 N–H and O–H groups in total. The molecule has 2 heterocycles. The fourth-order valence-electron chi connectivity index (χ4n) is 3.06. The molecule has 5 heteroatoms. The standard InChI is InChI=1S/C17H21N3O2/c1-13-4-2-5-14(12-13)19-8-10-20(11-9-19)16(17(21)22)15-6-3-7-18-15/h2-7,12,16,18H,8-11H2,1H3,(H,21,22). The molecule has 0 saturated carbocycles. The Morgan fingerprint density at radius 3 is 2.55 bits per heavy atom. The monoisotopic (exact) mass is 299 g/mol. The van der Waals surface area contributed by atoms with Gasteiger partial charge in [-0.25, -0.2) is 0 Å². The van der Waals surface area contributed by atoms with E-state index in [2.05, 4.69) is 41.1 Å². The Labute approximate surface area is 130 Å². The lowest BCUT2D eigenvalue weighted by Crippen LogP contribution is -2.49. The summed E-state index contributed by atoms with van der Waals surface area (Å²) in [6, 6.07) is 11.5. The lowest BCUT2D eigenvalue weighted by atomic mass is 10.1. The van der Waals surface area contributed by atoms with Crippen molar-refractivity contribution in [1.29, 1.82) is 0 Å². The van der Waals surface area contributed by atoms with Gasteiger partial charge in [-0.2, -0.15) is 0 Å². The van der Waals surface area contributed by atoms with Gasteiger partial charge in [0.15, 0.2) is 0 Å². The molecule has 1 aliphatic rings. The van der Waals surface area contributed by atoms with Crippen LogP contribution in [0.3, 0.4) is 0 Å². The maximum Gasteiger partial charge on any atom is 0.327 e. The van der Waals surface area contributed by atoms with E-state index in [1.165, 1.54) is 11.3 Å². The molecule has 0 spiro atoms. The zero-order valence-electron chi connectivity index (χ0n) is 12.7. The molecule has 1 fully saturated rings. The van der Waals surface area contributed by atoms with Gasteiger partial charge < -0.3 is 15.0 Å². The van der Waals surface area contributed by atoms with E-state index in [-0.39, 0.29) is 0 Å². The van der Waals surface area contributed by atoms with Crippen molar-refractivity contribution in [3.8, 4) is 0 Å². The molecular formula is C17H21N3O2. The number of H-pyrrole nitrogens is 1. The van der Waals surface area contributed by atoms with Gasteiger partial charge in [-0.1, -0.05) is 12.1 Å². The Morgan fingerprint density at radius 1 is 1.18 bits per heavy atom. The van der Waals surface area contributed by atoms with E-state index in [1.807, 2.05) is 17.0 Å². The molecule has 1 aromatic carbocycles. The Kier molecular flexibility index (Phi) is 4.15. The molecule has 0 bridgehead atoms. The van der Waals surface area contributed by atoms with Crippen molar-refractivity contribution in [2.75, 3.05) is 31.1 Å². The van der Waals surface area contributed by atoms with Gasteiger partial charge in [0.05, 0.1) is 0 Å². The van der Waals surface area contributed by atoms with Gasteiger partial charge in [0.25, 0.3) is 0 Å². The number of nitrogens with one attached hydrogen (secondary N) is 1. The molecule has 1 aliphatic heterocycles. The van der Waals surface area contributed by atoms with Crippen LogP contribution in [0.2, 0.25) is 0 Å². The number of nitrogens with zero attached hydrogens (tertiary/aromatic N) is 2. The highest BCUT2D eigenvalue weighted by atomic mass is 16.4. The van der Waals surface area contributed by atoms with E-state index in [4.69, 9.17) is 0 Å². The summed E-state index contributed by atoms with van der Waals surface area (Å²) >= 11 is 0. The van der Waals surface area contributed by atoms with E-state index >= 15 is 0 Å². The van der Waals surface area contributed by atoms with Crippen LogP contribution in [-0.2, 0) is 4.79 Å². The summed E-state index contributed by atoms with van der Waals surface area (Å²) in [5, 5.41) is 9.54. The lowest BCUT2D eigenvalue weighted by molar-refractivity contribution is -0.143. The number of piperazine rings is 1. The summed E-state index contributed by atoms with van der Waals surface area (Å²) in [4.78, 5) is 19.0. The van der Waals surface area contributed by atoms with Gasteiger partial charge in [0, 0.05) is 43.8 Å². The summed E-state index contributed by atoms with van der Waals surface area (Å²) in [6.45, 7) is 5.25. The number of benzene rings is 1. The van der Waals surface area contributed by atoms with Crippen LogP contribution in [0, 0.1) is 6.92 Å². The summed E-state index contributed by atoms with van der Waals surface area (Å²) in [7, 11) is 0. The molecule has 2 aromatic rings. The quantitative estimate of drug-likeness (QED) is 0.909. The molecule has 0 radical (unpaired) electrons. The van der Waals surface area contributed by atoms with E-state index in [1.54, 1.807) is 6.20 Å². The number of carbonyl (C=O) groups is 1. The van der Waals surface area contributed by atoms with Crippen molar-refractivity contribution in [3.05, 3.63) is 53.9 Å². The highest BCUT2D eigenvalue weighted by Crippen LogP contribution is 2.24. The summed E-state index contributed by atoms with van der Waals surface area (Å²) in [6.07, 6.45) is 1.77. The molecule has 0 aliphatic carbocycles. The second kappa shape index (κ2) is 6.23. The molecule has 1 saturated heterocycles. The van der Waals surface area contributed by atoms with Crippen LogP contribution in [0.25, 0.3) is 0 Å². The number of aromatic amines is 1. The van der Waals surface area contributed by atoms with Crippen molar-refractivity contribution < 1.29 is 9.90 Å². The van der Waals surface area contributed by atoms with Gasteiger partial charge in [0.2, 0.25) is 0 Å². The molecule has 3 rings (SSSR count). The minimum Gasteiger partial charge on any atom is -0.480 e. The molecule has 1 atom stereocenters. The average molecular weight is 299 g/mol. The van der Waals surface area contributed by atoms with Crippen LogP contribution in [-0.4, -0.2) is 47.1 Å². The SMILES string of the molecule is Cc1cccc(N2CCN(C(C(=O)O)c3ccc[nH]3)CC2)c1. The van der Waals surface area contributed by atoms with E-state index in [0.29, 0.717) is 0 Å². The number of aromatic nitrogens is 1. The third-order valence-electron chi connectivity index (χ3n) is 4.20. The van der Waals surface area contributed by atoms with Crippen LogP contribution in [0.5, 0.6) is 0 Å². The fourth-order valence-corrected chi connectivity index (χ4v) is 3.06. The Morgan fingerprint density at radius 2 is 1.95 bits per heavy atom. The lowest BCUT2D eigenvalue weighted by Gasteiger charge is -2.38. The maximum absolute atomic E-state index is 11.6. The maximum atomic E-state index is 11.6. The van der Waals surface area contributed by atoms with Crippen molar-refractivity contribution in [2.45, 2.75) is 13.0 Å². The van der Waals surface area contributed by atoms with Crippen molar-refractivity contribution in [2.24, 2.45) is 0 Å². The topological polar surface area (TPSA) is 59.6 Å². The number of carboxylic acid groups (broad SMARTS) is 1. The number of hydrogen-bond acceptors (Lipinski definition) is 3. The second-order valence-electron chi connectivity index (χ2n) is 5.73. The number of anilines is 1. The Hall–Kier alpha value is -2.27. The zero-order valence-corrected chi connectivity index (χ0v) is 12.7. The minimum atomic E-state index is -0.800. The van der Waals surface area contributed by atoms with E-state index in [0.717, 1.165) is 31.9 Å². The van der Waals surface area contributed by atoms with Crippen LogP contribution in [0.4, 0.5) is 5.69 Å². The number of hydrogen-bond donors (Lipinski definition) is 2. The molecule has 0 amide bonds. The first-order valence-corrected chi connectivity index (χ1v) is 7.57. The number of aryl methyl sites for hydroxylation is 1. The molecule has 116 valence electrons. The number of aliphatic carboxylic acids is 1. The normalized spacial score (nSPS) is 17.4. The third-order valence-corrected chi connectivity index (χ3v) is 4.20. The van der Waals surface area contributed by atoms with Crippen molar-refractivity contribution in [3.63, 3.8) is 0 Å². The smallest absolute Gasteiger partial charge is 0.327 e. The first kappa shape index (κ1) is 14.7. The van der Waals surface area contributed by atoms with Crippen LogP contribution in [0.15, 0.2) is 42.6 Å². The zero-order chi connectivity index (χ0) is 15.5. The van der Waals surface area contributed by atoms with Crippen LogP contribution in [0.1, 0.15) is 17.3 Å². The van der Waals surface area contributed by atoms with Crippen LogP contribution < -0.4 is 4.90 Å². The van der Waals surface area contributed by atoms with E-state index in [9.17, 15) is 9.90 Å². The summed E-state index contributed by atoms with van der Waals surface area (Å²) in [5.74, 6) is -0.800. The average Bonchev–Trinajstić information content (AvgIpc) is 3.02. The van der Waals surface area contributed by atoms with Crippen LogP contribution >= 0.6 is 0 Å². The highest BCUT2D eigenvalue weighted by Gasteiger charge is 2.30. The third kappa shape index (κ3) is 2.99. The first-order valence-electron chi connectivity index (χ1n) is 7.57. The molecule has 5 nitrogen and oxygen atoms in total. The molecule has 22 heavy (non-hydrogen) atoms.